The van der Waals surface area contributed by atoms with E-state index in [0.29, 0.717) is 11.6 Å². The molecule has 1 saturated heterocycles. The minimum Gasteiger partial charge on any atom is -0.337 e. The van der Waals surface area contributed by atoms with Crippen molar-refractivity contribution in [1.29, 1.82) is 0 Å². The van der Waals surface area contributed by atoms with Crippen LogP contribution in [0.4, 0.5) is 0 Å². The van der Waals surface area contributed by atoms with E-state index in [0.717, 1.165) is 30.9 Å². The van der Waals surface area contributed by atoms with Gasteiger partial charge in [-0.05, 0) is 25.5 Å². The second-order valence-corrected chi connectivity index (χ2v) is 6.54. The summed E-state index contributed by atoms with van der Waals surface area (Å²) in [6.45, 7) is 3.39. The third kappa shape index (κ3) is 2.20. The standard InChI is InChI=1S/C16H16N4OS/c1-11-3-2-4-13(18-11)15(21)19-6-5-12(9-19)14-16-20(10-17-14)7-8-22-16/h2-4,7-8,10,12H,5-6,9H2,1H3/t12-/m1/s1. The monoisotopic (exact) mass is 312 g/mol. The number of pyridine rings is 1. The summed E-state index contributed by atoms with van der Waals surface area (Å²) in [5.74, 6) is 0.338. The maximum absolute atomic E-state index is 12.6. The molecule has 1 atom stereocenters. The normalized spacial score (nSPS) is 18.2. The minimum atomic E-state index is 0.0211. The van der Waals surface area contributed by atoms with E-state index in [4.69, 9.17) is 0 Å². The number of rotatable bonds is 2. The quantitative estimate of drug-likeness (QED) is 0.731. The van der Waals surface area contributed by atoms with Crippen LogP contribution in [0.25, 0.3) is 4.83 Å². The van der Waals surface area contributed by atoms with Crippen molar-refractivity contribution >= 4 is 22.1 Å². The van der Waals surface area contributed by atoms with Crippen molar-refractivity contribution in [2.24, 2.45) is 0 Å². The molecule has 0 bridgehead atoms. The van der Waals surface area contributed by atoms with E-state index in [1.54, 1.807) is 17.4 Å². The summed E-state index contributed by atoms with van der Waals surface area (Å²) in [6.07, 6.45) is 4.83. The number of fused-ring (bicyclic) bond motifs is 1. The van der Waals surface area contributed by atoms with Crippen LogP contribution in [0.5, 0.6) is 0 Å². The molecule has 0 N–H and O–H groups in total. The van der Waals surface area contributed by atoms with Gasteiger partial charge in [0.25, 0.3) is 5.91 Å². The first kappa shape index (κ1) is 13.5. The van der Waals surface area contributed by atoms with Gasteiger partial charge in [-0.1, -0.05) is 6.07 Å². The van der Waals surface area contributed by atoms with Crippen molar-refractivity contribution in [3.8, 4) is 0 Å². The van der Waals surface area contributed by atoms with Crippen molar-refractivity contribution in [2.45, 2.75) is 19.3 Å². The molecule has 1 fully saturated rings. The van der Waals surface area contributed by atoms with Gasteiger partial charge in [0.2, 0.25) is 0 Å². The van der Waals surface area contributed by atoms with E-state index in [1.807, 2.05) is 40.9 Å². The first-order valence-corrected chi connectivity index (χ1v) is 8.23. The molecule has 0 saturated carbocycles. The molecule has 5 nitrogen and oxygen atoms in total. The molecule has 112 valence electrons. The van der Waals surface area contributed by atoms with Gasteiger partial charge in [-0.2, -0.15) is 0 Å². The first-order valence-electron chi connectivity index (χ1n) is 7.35. The molecule has 1 amide bonds. The molecule has 6 heteroatoms. The molecule has 4 heterocycles. The third-order valence-corrected chi connectivity index (χ3v) is 5.05. The topological polar surface area (TPSA) is 50.5 Å². The van der Waals surface area contributed by atoms with Gasteiger partial charge < -0.3 is 4.90 Å². The molecule has 0 radical (unpaired) electrons. The summed E-state index contributed by atoms with van der Waals surface area (Å²) in [7, 11) is 0. The molecule has 3 aromatic heterocycles. The highest BCUT2D eigenvalue weighted by molar-refractivity contribution is 7.15. The summed E-state index contributed by atoms with van der Waals surface area (Å²) in [5, 5.41) is 2.06. The Kier molecular flexibility index (Phi) is 3.18. The van der Waals surface area contributed by atoms with E-state index >= 15 is 0 Å². The van der Waals surface area contributed by atoms with Crippen molar-refractivity contribution in [3.05, 3.63) is 53.2 Å². The number of thiazole rings is 1. The lowest BCUT2D eigenvalue weighted by Gasteiger charge is -2.15. The SMILES string of the molecule is Cc1cccc(C(=O)N2CC[C@@H](c3ncn4ccsc34)C2)n1. The minimum absolute atomic E-state index is 0.0211. The predicted octanol–water partition coefficient (Wildman–Crippen LogP) is 2.73. The van der Waals surface area contributed by atoms with Gasteiger partial charge in [-0.25, -0.2) is 9.97 Å². The Balaban J connectivity index is 1.55. The van der Waals surface area contributed by atoms with Gasteiger partial charge in [0, 0.05) is 36.3 Å². The van der Waals surface area contributed by atoms with Gasteiger partial charge in [-0.3, -0.25) is 9.20 Å². The average molecular weight is 312 g/mol. The van der Waals surface area contributed by atoms with Crippen LogP contribution in [0.1, 0.15) is 34.2 Å². The van der Waals surface area contributed by atoms with Crippen LogP contribution >= 0.6 is 11.3 Å². The number of likely N-dealkylation sites (tertiary alicyclic amines) is 1. The Morgan fingerprint density at radius 2 is 2.32 bits per heavy atom. The van der Waals surface area contributed by atoms with Crippen molar-refractivity contribution in [1.82, 2.24) is 19.3 Å². The van der Waals surface area contributed by atoms with Gasteiger partial charge in [-0.15, -0.1) is 11.3 Å². The second kappa shape index (κ2) is 5.21. The lowest BCUT2D eigenvalue weighted by molar-refractivity contribution is 0.0784. The zero-order valence-electron chi connectivity index (χ0n) is 12.3. The third-order valence-electron chi connectivity index (χ3n) is 4.15. The van der Waals surface area contributed by atoms with Crippen molar-refractivity contribution in [3.63, 3.8) is 0 Å². The Morgan fingerprint density at radius 3 is 3.18 bits per heavy atom. The first-order chi connectivity index (χ1) is 10.7. The average Bonchev–Trinajstić information content (AvgIpc) is 3.22. The number of amides is 1. The maximum Gasteiger partial charge on any atom is 0.272 e. The summed E-state index contributed by atoms with van der Waals surface area (Å²) < 4.78 is 2.05. The number of carbonyl (C=O) groups is 1. The number of aryl methyl sites for hydroxylation is 1. The molecular formula is C16H16N4OS. The highest BCUT2D eigenvalue weighted by Gasteiger charge is 2.31. The zero-order chi connectivity index (χ0) is 15.1. The van der Waals surface area contributed by atoms with E-state index in [-0.39, 0.29) is 5.91 Å². The molecule has 0 aromatic carbocycles. The summed E-state index contributed by atoms with van der Waals surface area (Å²) in [4.78, 5) is 24.5. The van der Waals surface area contributed by atoms with Crippen LogP contribution in [0.2, 0.25) is 0 Å². The lowest BCUT2D eigenvalue weighted by atomic mass is 10.1. The zero-order valence-corrected chi connectivity index (χ0v) is 13.1. The molecule has 0 aliphatic carbocycles. The molecule has 4 rings (SSSR count). The number of aromatic nitrogens is 3. The fourth-order valence-corrected chi connectivity index (χ4v) is 3.92. The Morgan fingerprint density at radius 1 is 1.41 bits per heavy atom. The lowest BCUT2D eigenvalue weighted by Crippen LogP contribution is -2.29. The molecule has 3 aromatic rings. The van der Waals surface area contributed by atoms with E-state index < -0.39 is 0 Å². The maximum atomic E-state index is 12.6. The predicted molar refractivity (Wildman–Crippen MR) is 85.3 cm³/mol. The van der Waals surface area contributed by atoms with Gasteiger partial charge in [0.05, 0.1) is 5.69 Å². The molecular weight excluding hydrogens is 296 g/mol. The van der Waals surface area contributed by atoms with Crippen LogP contribution in [0.15, 0.2) is 36.1 Å². The van der Waals surface area contributed by atoms with Crippen LogP contribution < -0.4 is 0 Å². The van der Waals surface area contributed by atoms with Crippen LogP contribution in [-0.2, 0) is 0 Å². The van der Waals surface area contributed by atoms with E-state index in [2.05, 4.69) is 15.3 Å². The molecule has 0 unspecified atom stereocenters. The highest BCUT2D eigenvalue weighted by Crippen LogP contribution is 2.31. The van der Waals surface area contributed by atoms with E-state index in [9.17, 15) is 4.79 Å². The number of carbonyl (C=O) groups excluding carboxylic acids is 1. The Bertz CT molecular complexity index is 837. The molecule has 0 spiro atoms. The van der Waals surface area contributed by atoms with E-state index in [1.165, 1.54) is 4.83 Å². The second-order valence-electron chi connectivity index (χ2n) is 5.65. The number of hydrogen-bond acceptors (Lipinski definition) is 4. The van der Waals surface area contributed by atoms with Gasteiger partial charge in [0.15, 0.2) is 0 Å². The highest BCUT2D eigenvalue weighted by atomic mass is 32.1. The molecule has 1 aliphatic heterocycles. The fraction of sp³-hybridized carbons (Fsp3) is 0.312. The van der Waals surface area contributed by atoms with Crippen molar-refractivity contribution in [2.75, 3.05) is 13.1 Å². The Labute approximate surface area is 132 Å². The van der Waals surface area contributed by atoms with Gasteiger partial charge >= 0.3 is 0 Å². The number of hydrogen-bond donors (Lipinski definition) is 0. The summed E-state index contributed by atoms with van der Waals surface area (Å²) in [5.41, 5.74) is 2.52. The fourth-order valence-electron chi connectivity index (χ4n) is 3.02. The van der Waals surface area contributed by atoms with Crippen LogP contribution in [0, 0.1) is 6.92 Å². The van der Waals surface area contributed by atoms with Crippen LogP contribution in [0.3, 0.4) is 0 Å². The van der Waals surface area contributed by atoms with Crippen LogP contribution in [-0.4, -0.2) is 38.3 Å². The molecule has 22 heavy (non-hydrogen) atoms. The smallest absolute Gasteiger partial charge is 0.272 e. The largest absolute Gasteiger partial charge is 0.337 e. The van der Waals surface area contributed by atoms with Crippen molar-refractivity contribution < 1.29 is 4.79 Å². The van der Waals surface area contributed by atoms with Gasteiger partial charge in [0.1, 0.15) is 16.9 Å². The summed E-state index contributed by atoms with van der Waals surface area (Å²) >= 11 is 1.70. The number of imidazole rings is 1. The molecule has 1 aliphatic rings. The summed E-state index contributed by atoms with van der Waals surface area (Å²) in [6, 6.07) is 5.58. The Hall–Kier alpha value is -2.21. The number of nitrogens with zero attached hydrogens (tertiary/aromatic N) is 4.